The molecular weight excluding hydrogens is 321 g/mol. The van der Waals surface area contributed by atoms with Crippen molar-refractivity contribution >= 4 is 25.4 Å². The summed E-state index contributed by atoms with van der Waals surface area (Å²) in [6.07, 6.45) is 2.31. The number of aromatic hydroxyl groups is 1. The van der Waals surface area contributed by atoms with Gasteiger partial charge in [-0.15, -0.1) is 0 Å². The lowest BCUT2D eigenvalue weighted by atomic mass is 9.76. The molecule has 1 aliphatic rings. The predicted molar refractivity (Wildman–Crippen MR) is 96.2 cm³/mol. The van der Waals surface area contributed by atoms with Gasteiger partial charge in [-0.2, -0.15) is 0 Å². The third-order valence-corrected chi connectivity index (χ3v) is 4.67. The van der Waals surface area contributed by atoms with Crippen LogP contribution in [0.2, 0.25) is 0 Å². The highest BCUT2D eigenvalue weighted by atomic mass is 16.7. The lowest BCUT2D eigenvalue weighted by Crippen LogP contribution is -2.41. The molecule has 0 radical (unpaired) electrons. The summed E-state index contributed by atoms with van der Waals surface area (Å²) in [6, 6.07) is 4.81. The molecule has 6 nitrogen and oxygen atoms in total. The topological polar surface area (TPSA) is 84.9 Å². The van der Waals surface area contributed by atoms with Gasteiger partial charge in [0.25, 0.3) is 0 Å². The minimum Gasteiger partial charge on any atom is -0.507 e. The molecule has 1 aliphatic heterocycles. The summed E-state index contributed by atoms with van der Waals surface area (Å²) in [5.74, 6) is -0.287. The first-order valence-corrected chi connectivity index (χ1v) is 8.15. The van der Waals surface area contributed by atoms with Crippen molar-refractivity contribution in [3.63, 3.8) is 0 Å². The van der Waals surface area contributed by atoms with Crippen LogP contribution in [0.5, 0.6) is 5.75 Å². The number of carbonyl (C=O) groups is 2. The molecule has 1 aromatic carbocycles. The van der Waals surface area contributed by atoms with E-state index in [0.29, 0.717) is 17.3 Å². The Labute approximate surface area is 148 Å². The molecular formula is C18H24BNO5. The maximum Gasteiger partial charge on any atom is 0.492 e. The Morgan fingerprint density at radius 3 is 2.36 bits per heavy atom. The van der Waals surface area contributed by atoms with E-state index in [1.54, 1.807) is 18.2 Å². The van der Waals surface area contributed by atoms with Crippen LogP contribution in [0.3, 0.4) is 0 Å². The number of hydrogen-bond donors (Lipinski definition) is 2. The van der Waals surface area contributed by atoms with Gasteiger partial charge in [0.05, 0.1) is 16.8 Å². The van der Waals surface area contributed by atoms with Crippen molar-refractivity contribution in [3.05, 3.63) is 34.8 Å². The monoisotopic (exact) mass is 345 g/mol. The minimum atomic E-state index is -0.668. The fourth-order valence-corrected chi connectivity index (χ4v) is 2.45. The van der Waals surface area contributed by atoms with Crippen molar-refractivity contribution < 1.29 is 24.0 Å². The smallest absolute Gasteiger partial charge is 0.492 e. The maximum atomic E-state index is 11.3. The highest BCUT2D eigenvalue weighted by Crippen LogP contribution is 2.39. The summed E-state index contributed by atoms with van der Waals surface area (Å²) in [5.41, 5.74) is 0.311. The number of phenolic OH excluding ortho intramolecular Hbond substituents is 1. The first-order chi connectivity index (χ1) is 11.6. The van der Waals surface area contributed by atoms with Gasteiger partial charge in [-0.1, -0.05) is 18.2 Å². The number of amides is 1. The van der Waals surface area contributed by atoms with Crippen LogP contribution in [0.25, 0.3) is 6.08 Å². The van der Waals surface area contributed by atoms with E-state index in [0.717, 1.165) is 0 Å². The highest BCUT2D eigenvalue weighted by Gasteiger charge is 2.52. The molecule has 2 rings (SSSR count). The van der Waals surface area contributed by atoms with Crippen molar-refractivity contribution in [3.8, 4) is 5.75 Å². The Bertz CT molecular complexity index is 695. The van der Waals surface area contributed by atoms with Crippen molar-refractivity contribution in [1.29, 1.82) is 0 Å². The molecule has 0 unspecified atom stereocenters. The van der Waals surface area contributed by atoms with E-state index in [4.69, 9.17) is 9.31 Å². The zero-order valence-electron chi connectivity index (χ0n) is 15.3. The molecule has 25 heavy (non-hydrogen) atoms. The van der Waals surface area contributed by atoms with Crippen molar-refractivity contribution in [2.24, 2.45) is 0 Å². The highest BCUT2D eigenvalue weighted by molar-refractivity contribution is 6.56. The van der Waals surface area contributed by atoms with E-state index >= 15 is 0 Å². The molecule has 1 heterocycles. The Kier molecular flexibility index (Phi) is 5.39. The largest absolute Gasteiger partial charge is 0.507 e. The second-order valence-electron chi connectivity index (χ2n) is 7.12. The van der Waals surface area contributed by atoms with Crippen LogP contribution in [0, 0.1) is 0 Å². The number of benzene rings is 1. The minimum absolute atomic E-state index is 0.100. The van der Waals surface area contributed by atoms with Crippen LogP contribution in [0.4, 0.5) is 0 Å². The normalized spacial score (nSPS) is 18.9. The summed E-state index contributed by atoms with van der Waals surface area (Å²) >= 11 is 0. The fourth-order valence-electron chi connectivity index (χ4n) is 2.45. The van der Waals surface area contributed by atoms with Gasteiger partial charge in [0.2, 0.25) is 5.91 Å². The second kappa shape index (κ2) is 7.02. The van der Waals surface area contributed by atoms with Gasteiger partial charge in [-0.05, 0) is 44.8 Å². The summed E-state index contributed by atoms with van der Waals surface area (Å²) in [7, 11) is -0.668. The van der Waals surface area contributed by atoms with Gasteiger partial charge in [0.15, 0.2) is 6.29 Å². The molecule has 0 aliphatic carbocycles. The summed E-state index contributed by atoms with van der Waals surface area (Å²) in [5, 5.41) is 12.6. The first-order valence-electron chi connectivity index (χ1n) is 8.15. The van der Waals surface area contributed by atoms with Crippen molar-refractivity contribution in [2.45, 2.75) is 45.8 Å². The first kappa shape index (κ1) is 19.2. The molecule has 1 fully saturated rings. The van der Waals surface area contributed by atoms with E-state index in [1.165, 1.54) is 13.0 Å². The van der Waals surface area contributed by atoms with E-state index in [9.17, 15) is 14.7 Å². The maximum absolute atomic E-state index is 11.3. The summed E-state index contributed by atoms with van der Waals surface area (Å²) in [6.45, 7) is 9.39. The molecule has 0 bridgehead atoms. The van der Waals surface area contributed by atoms with Gasteiger partial charge in [0, 0.05) is 13.5 Å². The number of aldehydes is 1. The lowest BCUT2D eigenvalue weighted by molar-refractivity contribution is -0.118. The molecule has 134 valence electrons. The average molecular weight is 345 g/mol. The van der Waals surface area contributed by atoms with Crippen molar-refractivity contribution in [1.82, 2.24) is 5.32 Å². The second-order valence-corrected chi connectivity index (χ2v) is 7.12. The molecule has 0 aromatic heterocycles. The van der Waals surface area contributed by atoms with E-state index in [1.807, 2.05) is 27.7 Å². The Hall–Kier alpha value is -2.12. The third-order valence-electron chi connectivity index (χ3n) is 4.67. The number of phenols is 1. The van der Waals surface area contributed by atoms with Gasteiger partial charge in [-0.25, -0.2) is 0 Å². The van der Waals surface area contributed by atoms with Crippen LogP contribution < -0.4 is 5.32 Å². The molecule has 0 atom stereocenters. The molecule has 1 saturated heterocycles. The lowest BCUT2D eigenvalue weighted by Gasteiger charge is -2.32. The molecule has 1 aromatic rings. The van der Waals surface area contributed by atoms with Crippen LogP contribution >= 0.6 is 0 Å². The van der Waals surface area contributed by atoms with Crippen LogP contribution in [-0.4, -0.2) is 42.2 Å². The van der Waals surface area contributed by atoms with Crippen LogP contribution in [-0.2, 0) is 14.1 Å². The molecule has 0 saturated carbocycles. The Morgan fingerprint density at radius 1 is 1.24 bits per heavy atom. The number of hydrogen-bond acceptors (Lipinski definition) is 5. The van der Waals surface area contributed by atoms with E-state index < -0.39 is 18.3 Å². The van der Waals surface area contributed by atoms with Crippen LogP contribution in [0.15, 0.2) is 23.7 Å². The zero-order chi connectivity index (χ0) is 18.8. The molecule has 2 N–H and O–H groups in total. The van der Waals surface area contributed by atoms with Gasteiger partial charge >= 0.3 is 7.12 Å². The van der Waals surface area contributed by atoms with Crippen LogP contribution in [0.1, 0.15) is 50.5 Å². The summed E-state index contributed by atoms with van der Waals surface area (Å²) in [4.78, 5) is 22.6. The summed E-state index contributed by atoms with van der Waals surface area (Å²) < 4.78 is 12.1. The number of nitrogens with one attached hydrogen (secondary N) is 1. The zero-order valence-corrected chi connectivity index (χ0v) is 15.3. The number of carbonyl (C=O) groups excluding carboxylic acids is 2. The third kappa shape index (κ3) is 4.11. The Morgan fingerprint density at radius 2 is 1.84 bits per heavy atom. The van der Waals surface area contributed by atoms with E-state index in [-0.39, 0.29) is 23.8 Å². The van der Waals surface area contributed by atoms with Gasteiger partial charge in [-0.3, -0.25) is 9.59 Å². The molecule has 7 heteroatoms. The quantitative estimate of drug-likeness (QED) is 0.632. The fraction of sp³-hybridized carbons (Fsp3) is 0.444. The van der Waals surface area contributed by atoms with Crippen molar-refractivity contribution in [2.75, 3.05) is 6.54 Å². The SMILES string of the molecule is CC(=O)NCC(=Cc1cccc(O)c1C=O)B1OC(C)(C)C(C)(C)O1. The van der Waals surface area contributed by atoms with E-state index in [2.05, 4.69) is 5.32 Å². The van der Waals surface area contributed by atoms with Gasteiger partial charge < -0.3 is 19.7 Å². The standard InChI is InChI=1S/C18H24BNO5/c1-12(22)20-10-14(19-24-17(2,3)18(4,5)25-19)9-13-7-6-8-16(23)15(13)11-21/h6-9,11,23H,10H2,1-5H3,(H,20,22). The molecule has 0 spiro atoms. The number of rotatable bonds is 5. The Balaban J connectivity index is 2.42. The van der Waals surface area contributed by atoms with Gasteiger partial charge in [0.1, 0.15) is 5.75 Å². The predicted octanol–water partition coefficient (Wildman–Crippen LogP) is 2.36. The average Bonchev–Trinajstić information content (AvgIpc) is 2.71. The molecule has 1 amide bonds.